The summed E-state index contributed by atoms with van der Waals surface area (Å²) in [6, 6.07) is 8.24. The topological polar surface area (TPSA) is 29.5 Å². The largest absolute Gasteiger partial charge is 0.393 e. The van der Waals surface area contributed by atoms with E-state index in [0.717, 1.165) is 25.7 Å². The number of unbranched alkanes of at least 4 members (excludes halogenated alkanes) is 1. The Balaban J connectivity index is 2.49. The lowest BCUT2D eigenvalue weighted by molar-refractivity contribution is 0.161. The standard InChI is InChI=1S/C14H22O2/c1-3-4-8-14(15)10-12-6-5-7-13(9-12)11-16-2/h5-7,9,14-15H,3-4,8,10-11H2,1-2H3/t14-/m0/s1. The minimum Gasteiger partial charge on any atom is -0.393 e. The van der Waals surface area contributed by atoms with Crippen molar-refractivity contribution in [3.8, 4) is 0 Å². The Kier molecular flexibility index (Phi) is 6.12. The predicted octanol–water partition coefficient (Wildman–Crippen LogP) is 2.93. The van der Waals surface area contributed by atoms with E-state index in [-0.39, 0.29) is 6.10 Å². The quantitative estimate of drug-likeness (QED) is 0.768. The average molecular weight is 222 g/mol. The van der Waals surface area contributed by atoms with Gasteiger partial charge in [-0.15, -0.1) is 0 Å². The molecule has 0 aliphatic rings. The van der Waals surface area contributed by atoms with E-state index in [1.54, 1.807) is 7.11 Å². The van der Waals surface area contributed by atoms with Gasteiger partial charge in [0.1, 0.15) is 0 Å². The van der Waals surface area contributed by atoms with Crippen molar-refractivity contribution in [3.05, 3.63) is 35.4 Å². The maximum absolute atomic E-state index is 9.82. The van der Waals surface area contributed by atoms with Gasteiger partial charge in [-0.3, -0.25) is 0 Å². The first kappa shape index (κ1) is 13.2. The van der Waals surface area contributed by atoms with Gasteiger partial charge < -0.3 is 9.84 Å². The van der Waals surface area contributed by atoms with Crippen molar-refractivity contribution in [1.82, 2.24) is 0 Å². The first-order valence-electron chi connectivity index (χ1n) is 6.01. The fourth-order valence-electron chi connectivity index (χ4n) is 1.83. The summed E-state index contributed by atoms with van der Waals surface area (Å²) in [4.78, 5) is 0. The fraction of sp³-hybridized carbons (Fsp3) is 0.571. The van der Waals surface area contributed by atoms with Gasteiger partial charge in [-0.1, -0.05) is 44.0 Å². The number of ether oxygens (including phenoxy) is 1. The van der Waals surface area contributed by atoms with Crippen molar-refractivity contribution >= 4 is 0 Å². The minimum absolute atomic E-state index is 0.210. The van der Waals surface area contributed by atoms with Crippen LogP contribution in [-0.4, -0.2) is 18.3 Å². The molecule has 0 aromatic heterocycles. The first-order chi connectivity index (χ1) is 7.76. The smallest absolute Gasteiger partial charge is 0.0713 e. The second kappa shape index (κ2) is 7.42. The molecule has 16 heavy (non-hydrogen) atoms. The molecule has 0 heterocycles. The highest BCUT2D eigenvalue weighted by Gasteiger charge is 2.05. The Labute approximate surface area is 98.3 Å². The number of aliphatic hydroxyl groups is 1. The maximum atomic E-state index is 9.82. The molecule has 0 aliphatic carbocycles. The summed E-state index contributed by atoms with van der Waals surface area (Å²) >= 11 is 0. The van der Waals surface area contributed by atoms with Crippen LogP contribution >= 0.6 is 0 Å². The van der Waals surface area contributed by atoms with Gasteiger partial charge in [0, 0.05) is 7.11 Å². The first-order valence-corrected chi connectivity index (χ1v) is 6.01. The predicted molar refractivity (Wildman–Crippen MR) is 66.4 cm³/mol. The van der Waals surface area contributed by atoms with E-state index < -0.39 is 0 Å². The van der Waals surface area contributed by atoms with Crippen LogP contribution < -0.4 is 0 Å². The van der Waals surface area contributed by atoms with Gasteiger partial charge in [-0.2, -0.15) is 0 Å². The lowest BCUT2D eigenvalue weighted by Gasteiger charge is -2.10. The summed E-state index contributed by atoms with van der Waals surface area (Å²) < 4.78 is 5.09. The normalized spacial score (nSPS) is 12.7. The van der Waals surface area contributed by atoms with Crippen molar-refractivity contribution in [2.24, 2.45) is 0 Å². The molecule has 0 radical (unpaired) electrons. The lowest BCUT2D eigenvalue weighted by Crippen LogP contribution is -2.10. The van der Waals surface area contributed by atoms with Gasteiger partial charge in [-0.05, 0) is 24.0 Å². The number of hydrogen-bond acceptors (Lipinski definition) is 2. The Bertz CT molecular complexity index is 297. The Morgan fingerprint density at radius 1 is 1.31 bits per heavy atom. The molecule has 0 aliphatic heterocycles. The van der Waals surface area contributed by atoms with E-state index >= 15 is 0 Å². The molecular weight excluding hydrogens is 200 g/mol. The SMILES string of the molecule is CCCC[C@H](O)Cc1cccc(COC)c1. The number of hydrogen-bond donors (Lipinski definition) is 1. The fourth-order valence-corrected chi connectivity index (χ4v) is 1.83. The molecule has 90 valence electrons. The summed E-state index contributed by atoms with van der Waals surface area (Å²) in [6.45, 7) is 2.78. The molecule has 2 nitrogen and oxygen atoms in total. The highest BCUT2D eigenvalue weighted by molar-refractivity contribution is 5.23. The van der Waals surface area contributed by atoms with E-state index in [4.69, 9.17) is 4.74 Å². The van der Waals surface area contributed by atoms with Crippen LogP contribution in [0.3, 0.4) is 0 Å². The van der Waals surface area contributed by atoms with Gasteiger partial charge in [0.25, 0.3) is 0 Å². The lowest BCUT2D eigenvalue weighted by atomic mass is 10.0. The van der Waals surface area contributed by atoms with Crippen LogP contribution in [0.15, 0.2) is 24.3 Å². The van der Waals surface area contributed by atoms with Crippen molar-refractivity contribution in [3.63, 3.8) is 0 Å². The summed E-state index contributed by atoms with van der Waals surface area (Å²) in [5.41, 5.74) is 2.36. The van der Waals surface area contributed by atoms with E-state index in [9.17, 15) is 5.11 Å². The third-order valence-corrected chi connectivity index (χ3v) is 2.66. The third-order valence-electron chi connectivity index (χ3n) is 2.66. The monoisotopic (exact) mass is 222 g/mol. The minimum atomic E-state index is -0.210. The third kappa shape index (κ3) is 4.77. The van der Waals surface area contributed by atoms with E-state index in [1.165, 1.54) is 11.1 Å². The van der Waals surface area contributed by atoms with Crippen LogP contribution in [0.2, 0.25) is 0 Å². The molecule has 1 atom stereocenters. The van der Waals surface area contributed by atoms with Gasteiger partial charge in [0.05, 0.1) is 12.7 Å². The second-order valence-corrected chi connectivity index (χ2v) is 4.25. The van der Waals surface area contributed by atoms with Crippen LogP contribution in [0, 0.1) is 0 Å². The second-order valence-electron chi connectivity index (χ2n) is 4.25. The molecule has 0 saturated carbocycles. The molecule has 0 bridgehead atoms. The maximum Gasteiger partial charge on any atom is 0.0713 e. The average Bonchev–Trinajstić information content (AvgIpc) is 2.27. The van der Waals surface area contributed by atoms with Gasteiger partial charge in [0.15, 0.2) is 0 Å². The molecule has 1 aromatic rings. The van der Waals surface area contributed by atoms with Gasteiger partial charge in [0.2, 0.25) is 0 Å². The molecule has 1 rings (SSSR count). The van der Waals surface area contributed by atoms with E-state index in [0.29, 0.717) is 6.61 Å². The molecule has 0 spiro atoms. The van der Waals surface area contributed by atoms with Crippen LogP contribution in [0.1, 0.15) is 37.3 Å². The van der Waals surface area contributed by atoms with Crippen molar-refractivity contribution < 1.29 is 9.84 Å². The number of methoxy groups -OCH3 is 1. The Hall–Kier alpha value is -0.860. The molecule has 1 aromatic carbocycles. The van der Waals surface area contributed by atoms with Gasteiger partial charge in [-0.25, -0.2) is 0 Å². The number of rotatable bonds is 7. The van der Waals surface area contributed by atoms with Crippen molar-refractivity contribution in [2.75, 3.05) is 7.11 Å². The zero-order chi connectivity index (χ0) is 11.8. The zero-order valence-electron chi connectivity index (χ0n) is 10.3. The summed E-state index contributed by atoms with van der Waals surface area (Å²) in [5, 5.41) is 9.82. The highest BCUT2D eigenvalue weighted by atomic mass is 16.5. The molecule has 2 heteroatoms. The van der Waals surface area contributed by atoms with Crippen molar-refractivity contribution in [2.45, 2.75) is 45.3 Å². The number of aliphatic hydroxyl groups excluding tert-OH is 1. The summed E-state index contributed by atoms with van der Waals surface area (Å²) in [5.74, 6) is 0. The summed E-state index contributed by atoms with van der Waals surface area (Å²) in [7, 11) is 1.70. The number of benzene rings is 1. The molecule has 0 fully saturated rings. The van der Waals surface area contributed by atoms with Crippen LogP contribution in [0.5, 0.6) is 0 Å². The molecular formula is C14H22O2. The van der Waals surface area contributed by atoms with Crippen LogP contribution in [0.25, 0.3) is 0 Å². The Morgan fingerprint density at radius 3 is 2.75 bits per heavy atom. The highest BCUT2D eigenvalue weighted by Crippen LogP contribution is 2.11. The molecule has 0 amide bonds. The Morgan fingerprint density at radius 2 is 2.06 bits per heavy atom. The van der Waals surface area contributed by atoms with Crippen molar-refractivity contribution in [1.29, 1.82) is 0 Å². The van der Waals surface area contributed by atoms with E-state index in [1.807, 2.05) is 12.1 Å². The summed E-state index contributed by atoms with van der Waals surface area (Å²) in [6.07, 6.45) is 3.67. The van der Waals surface area contributed by atoms with Gasteiger partial charge >= 0.3 is 0 Å². The van der Waals surface area contributed by atoms with Crippen LogP contribution in [-0.2, 0) is 17.8 Å². The molecule has 1 N–H and O–H groups in total. The van der Waals surface area contributed by atoms with Crippen LogP contribution in [0.4, 0.5) is 0 Å². The van der Waals surface area contributed by atoms with E-state index in [2.05, 4.69) is 19.1 Å². The molecule has 0 saturated heterocycles. The molecule has 0 unspecified atom stereocenters. The zero-order valence-corrected chi connectivity index (χ0v) is 10.3.